The molecule has 0 fully saturated rings. The fraction of sp³-hybridized carbons (Fsp3) is 0.348. The Morgan fingerprint density at radius 1 is 1.03 bits per heavy atom. The molecule has 0 saturated carbocycles. The summed E-state index contributed by atoms with van der Waals surface area (Å²) in [4.78, 5) is 12.7. The Labute approximate surface area is 172 Å². The van der Waals surface area contributed by atoms with Crippen LogP contribution in [0.5, 0.6) is 11.5 Å². The number of amides is 1. The average molecular weight is 396 g/mol. The number of fused-ring (bicyclic) bond motifs is 1. The Morgan fingerprint density at radius 3 is 2.34 bits per heavy atom. The number of allylic oxidation sites excluding steroid dienone is 1. The summed E-state index contributed by atoms with van der Waals surface area (Å²) in [5.74, 6) is 1.06. The van der Waals surface area contributed by atoms with Crippen molar-refractivity contribution in [3.8, 4) is 11.5 Å². The fourth-order valence-corrected chi connectivity index (χ4v) is 3.41. The SMILES string of the molecule is CCCNCc1ccc(N/C(CC)=C2/C(=O)Nc3cc(OC)c(OC)cc32)cc1. The van der Waals surface area contributed by atoms with E-state index in [1.807, 2.05) is 25.1 Å². The summed E-state index contributed by atoms with van der Waals surface area (Å²) in [6.45, 7) is 6.05. The maximum Gasteiger partial charge on any atom is 0.258 e. The van der Waals surface area contributed by atoms with Gasteiger partial charge in [-0.3, -0.25) is 4.79 Å². The Kier molecular flexibility index (Phi) is 6.77. The first kappa shape index (κ1) is 20.7. The molecule has 0 saturated heterocycles. The van der Waals surface area contributed by atoms with E-state index in [1.54, 1.807) is 20.3 Å². The molecule has 1 heterocycles. The molecule has 2 aromatic rings. The Balaban J connectivity index is 1.88. The van der Waals surface area contributed by atoms with Crippen molar-refractivity contribution in [2.45, 2.75) is 33.2 Å². The lowest BCUT2D eigenvalue weighted by Gasteiger charge is -2.14. The second kappa shape index (κ2) is 9.47. The van der Waals surface area contributed by atoms with Gasteiger partial charge in [-0.2, -0.15) is 0 Å². The highest BCUT2D eigenvalue weighted by Gasteiger charge is 2.29. The van der Waals surface area contributed by atoms with Crippen LogP contribution in [0.25, 0.3) is 5.57 Å². The number of carbonyl (C=O) groups excluding carboxylic acids is 1. The van der Waals surface area contributed by atoms with E-state index >= 15 is 0 Å². The molecule has 0 unspecified atom stereocenters. The van der Waals surface area contributed by atoms with Crippen LogP contribution < -0.4 is 25.4 Å². The smallest absolute Gasteiger partial charge is 0.258 e. The standard InChI is InChI=1S/C23H29N3O3/c1-5-11-24-14-15-7-9-16(10-8-15)25-18(6-2)22-17-12-20(28-3)21(29-4)13-19(17)26-23(22)27/h7-10,12-13,24-25H,5-6,11,14H2,1-4H3,(H,26,27)/b22-18+. The molecule has 29 heavy (non-hydrogen) atoms. The number of hydrogen-bond donors (Lipinski definition) is 3. The number of nitrogens with one attached hydrogen (secondary N) is 3. The number of methoxy groups -OCH3 is 2. The molecule has 154 valence electrons. The highest BCUT2D eigenvalue weighted by atomic mass is 16.5. The van der Waals surface area contributed by atoms with Crippen LogP contribution in [0.15, 0.2) is 42.1 Å². The highest BCUT2D eigenvalue weighted by molar-refractivity contribution is 6.32. The predicted molar refractivity (Wildman–Crippen MR) is 117 cm³/mol. The third-order valence-electron chi connectivity index (χ3n) is 4.93. The quantitative estimate of drug-likeness (QED) is 0.434. The van der Waals surface area contributed by atoms with Gasteiger partial charge in [-0.25, -0.2) is 0 Å². The molecular formula is C23H29N3O3. The number of benzene rings is 2. The largest absolute Gasteiger partial charge is 0.493 e. The van der Waals surface area contributed by atoms with Gasteiger partial charge in [0.2, 0.25) is 0 Å². The third kappa shape index (κ3) is 4.54. The normalized spacial score (nSPS) is 14.3. The second-order valence-electron chi connectivity index (χ2n) is 6.91. The number of rotatable bonds is 9. The minimum absolute atomic E-state index is 0.125. The van der Waals surface area contributed by atoms with Crippen LogP contribution >= 0.6 is 0 Å². The molecule has 0 aliphatic carbocycles. The van der Waals surface area contributed by atoms with Gasteiger partial charge in [-0.15, -0.1) is 0 Å². The zero-order valence-corrected chi connectivity index (χ0v) is 17.5. The minimum atomic E-state index is -0.125. The number of anilines is 2. The van der Waals surface area contributed by atoms with E-state index in [9.17, 15) is 4.79 Å². The zero-order valence-electron chi connectivity index (χ0n) is 17.5. The van der Waals surface area contributed by atoms with Gasteiger partial charge in [0.1, 0.15) is 0 Å². The summed E-state index contributed by atoms with van der Waals surface area (Å²) in [5, 5.41) is 9.76. The minimum Gasteiger partial charge on any atom is -0.493 e. The molecular weight excluding hydrogens is 366 g/mol. The van der Waals surface area contributed by atoms with Crippen molar-refractivity contribution < 1.29 is 14.3 Å². The van der Waals surface area contributed by atoms with Gasteiger partial charge < -0.3 is 25.4 Å². The van der Waals surface area contributed by atoms with Crippen molar-refractivity contribution >= 4 is 22.9 Å². The Hall–Kier alpha value is -2.99. The number of carbonyl (C=O) groups is 1. The number of hydrogen-bond acceptors (Lipinski definition) is 5. The summed E-state index contributed by atoms with van der Waals surface area (Å²) in [6.07, 6.45) is 1.81. The van der Waals surface area contributed by atoms with E-state index in [0.717, 1.165) is 42.1 Å². The van der Waals surface area contributed by atoms with Crippen molar-refractivity contribution in [3.05, 3.63) is 53.2 Å². The predicted octanol–water partition coefficient (Wildman–Crippen LogP) is 4.39. The molecule has 2 aromatic carbocycles. The molecule has 0 atom stereocenters. The van der Waals surface area contributed by atoms with Gasteiger partial charge in [-0.05, 0) is 43.1 Å². The first-order chi connectivity index (χ1) is 14.1. The molecule has 0 spiro atoms. The summed E-state index contributed by atoms with van der Waals surface area (Å²) >= 11 is 0. The topological polar surface area (TPSA) is 71.6 Å². The van der Waals surface area contributed by atoms with Gasteiger partial charge in [0, 0.05) is 29.6 Å². The third-order valence-corrected chi connectivity index (χ3v) is 4.93. The van der Waals surface area contributed by atoms with E-state index in [2.05, 4.69) is 35.0 Å². The van der Waals surface area contributed by atoms with Crippen molar-refractivity contribution in [2.75, 3.05) is 31.4 Å². The Morgan fingerprint density at radius 2 is 1.72 bits per heavy atom. The zero-order chi connectivity index (χ0) is 20.8. The Bertz CT molecular complexity index is 904. The van der Waals surface area contributed by atoms with Gasteiger partial charge >= 0.3 is 0 Å². The molecule has 3 N–H and O–H groups in total. The van der Waals surface area contributed by atoms with Crippen LogP contribution in [-0.2, 0) is 11.3 Å². The van der Waals surface area contributed by atoms with Crippen LogP contribution in [0, 0.1) is 0 Å². The maximum atomic E-state index is 12.7. The van der Waals surface area contributed by atoms with E-state index in [1.165, 1.54) is 5.56 Å². The molecule has 6 nitrogen and oxygen atoms in total. The molecule has 6 heteroatoms. The van der Waals surface area contributed by atoms with Gasteiger partial charge in [0.15, 0.2) is 11.5 Å². The van der Waals surface area contributed by atoms with Crippen LogP contribution in [0.2, 0.25) is 0 Å². The summed E-state index contributed by atoms with van der Waals surface area (Å²) in [5.41, 5.74) is 5.23. The van der Waals surface area contributed by atoms with Crippen LogP contribution in [0.1, 0.15) is 37.8 Å². The van der Waals surface area contributed by atoms with E-state index < -0.39 is 0 Å². The van der Waals surface area contributed by atoms with Crippen molar-refractivity contribution in [1.29, 1.82) is 0 Å². The highest BCUT2D eigenvalue weighted by Crippen LogP contribution is 2.42. The molecule has 0 radical (unpaired) electrons. The van der Waals surface area contributed by atoms with Gasteiger partial charge in [0.05, 0.1) is 25.5 Å². The lowest BCUT2D eigenvalue weighted by molar-refractivity contribution is -0.110. The molecule has 1 aliphatic heterocycles. The lowest BCUT2D eigenvalue weighted by atomic mass is 10.0. The summed E-state index contributed by atoms with van der Waals surface area (Å²) in [6, 6.07) is 11.9. The lowest BCUT2D eigenvalue weighted by Crippen LogP contribution is -2.13. The maximum absolute atomic E-state index is 12.7. The van der Waals surface area contributed by atoms with Crippen LogP contribution in [-0.4, -0.2) is 26.7 Å². The van der Waals surface area contributed by atoms with E-state index in [-0.39, 0.29) is 5.91 Å². The molecule has 0 aromatic heterocycles. The summed E-state index contributed by atoms with van der Waals surface area (Å²) < 4.78 is 10.8. The van der Waals surface area contributed by atoms with E-state index in [4.69, 9.17) is 9.47 Å². The van der Waals surface area contributed by atoms with E-state index in [0.29, 0.717) is 23.5 Å². The molecule has 3 rings (SSSR count). The molecule has 0 bridgehead atoms. The van der Waals surface area contributed by atoms with Crippen molar-refractivity contribution in [1.82, 2.24) is 5.32 Å². The molecule has 1 amide bonds. The first-order valence-corrected chi connectivity index (χ1v) is 9.98. The first-order valence-electron chi connectivity index (χ1n) is 9.98. The van der Waals surface area contributed by atoms with Crippen molar-refractivity contribution in [3.63, 3.8) is 0 Å². The number of ether oxygens (including phenoxy) is 2. The fourth-order valence-electron chi connectivity index (χ4n) is 3.41. The van der Waals surface area contributed by atoms with Crippen LogP contribution in [0.4, 0.5) is 11.4 Å². The van der Waals surface area contributed by atoms with Crippen LogP contribution in [0.3, 0.4) is 0 Å². The summed E-state index contributed by atoms with van der Waals surface area (Å²) in [7, 11) is 3.17. The van der Waals surface area contributed by atoms with Crippen molar-refractivity contribution in [2.24, 2.45) is 0 Å². The second-order valence-corrected chi connectivity index (χ2v) is 6.91. The molecule has 1 aliphatic rings. The monoisotopic (exact) mass is 395 g/mol. The van der Waals surface area contributed by atoms with Gasteiger partial charge in [-0.1, -0.05) is 26.0 Å². The average Bonchev–Trinajstić information content (AvgIpc) is 3.06. The van der Waals surface area contributed by atoms with Gasteiger partial charge in [0.25, 0.3) is 5.91 Å².